The van der Waals surface area contributed by atoms with Gasteiger partial charge in [0, 0.05) is 11.1 Å². The van der Waals surface area contributed by atoms with Crippen molar-refractivity contribution in [1.29, 1.82) is 0 Å². The summed E-state index contributed by atoms with van der Waals surface area (Å²) >= 11 is 0. The molecule has 0 N–H and O–H groups in total. The van der Waals surface area contributed by atoms with Gasteiger partial charge in [0.05, 0.1) is 5.56 Å². The first-order valence-corrected chi connectivity index (χ1v) is 14.8. The highest BCUT2D eigenvalue weighted by Crippen LogP contribution is 2.61. The van der Waals surface area contributed by atoms with Crippen LogP contribution < -0.4 is 13.6 Å². The predicted octanol–water partition coefficient (Wildman–Crippen LogP) is 10.3. The van der Waals surface area contributed by atoms with E-state index >= 15 is 0 Å². The molecule has 41 heavy (non-hydrogen) atoms. The van der Waals surface area contributed by atoms with Crippen LogP contribution in [0.4, 0.5) is 0 Å². The second kappa shape index (κ2) is 10.5. The molecule has 1 heterocycles. The average Bonchev–Trinajstić information content (AvgIpc) is 3.02. The van der Waals surface area contributed by atoms with Crippen LogP contribution >= 0.6 is 7.82 Å². The molecule has 0 radical (unpaired) electrons. The fourth-order valence-corrected chi connectivity index (χ4v) is 6.45. The minimum absolute atomic E-state index is 0.409. The predicted molar refractivity (Wildman–Crippen MR) is 164 cm³/mol. The zero-order chi connectivity index (χ0) is 27.6. The van der Waals surface area contributed by atoms with E-state index in [1.807, 2.05) is 140 Å². The van der Waals surface area contributed by atoms with Gasteiger partial charge in [-0.3, -0.25) is 0 Å². The molecular weight excluding hydrogens is 527 g/mol. The Hall–Kier alpha value is -5.05. The lowest BCUT2D eigenvalue weighted by Gasteiger charge is -2.29. The molecule has 198 valence electrons. The van der Waals surface area contributed by atoms with Gasteiger partial charge in [0.15, 0.2) is 5.75 Å². The van der Waals surface area contributed by atoms with Crippen LogP contribution in [0.15, 0.2) is 152 Å². The topological polar surface area (TPSA) is 44.8 Å². The Morgan fingerprint density at radius 2 is 1.00 bits per heavy atom. The van der Waals surface area contributed by atoms with E-state index in [1.54, 1.807) is 0 Å². The first-order valence-electron chi connectivity index (χ1n) is 13.4. The van der Waals surface area contributed by atoms with Crippen molar-refractivity contribution in [2.75, 3.05) is 0 Å². The normalized spacial score (nSPS) is 15.4. The molecule has 0 aromatic heterocycles. The van der Waals surface area contributed by atoms with Crippen molar-refractivity contribution in [1.82, 2.24) is 0 Å². The molecular formula is C36H25O4P. The second-order valence-electron chi connectivity index (χ2n) is 9.71. The van der Waals surface area contributed by atoms with Crippen LogP contribution in [0.5, 0.6) is 17.2 Å². The van der Waals surface area contributed by atoms with Gasteiger partial charge in [-0.05, 0) is 52.1 Å². The highest BCUT2D eigenvalue weighted by Gasteiger charge is 2.41. The number of rotatable bonds is 6. The summed E-state index contributed by atoms with van der Waals surface area (Å²) < 4.78 is 32.9. The van der Waals surface area contributed by atoms with E-state index in [9.17, 15) is 4.57 Å². The Kier molecular flexibility index (Phi) is 6.39. The van der Waals surface area contributed by atoms with Gasteiger partial charge in [0.2, 0.25) is 0 Å². The molecule has 0 fully saturated rings. The molecule has 4 nitrogen and oxygen atoms in total. The molecule has 1 atom stereocenters. The van der Waals surface area contributed by atoms with E-state index in [0.717, 1.165) is 44.5 Å². The number of phosphoric ester groups is 1. The molecule has 1 unspecified atom stereocenters. The third-order valence-electron chi connectivity index (χ3n) is 7.06. The maximum absolute atomic E-state index is 14.3. The lowest BCUT2D eigenvalue weighted by molar-refractivity contribution is 0.290. The third kappa shape index (κ3) is 4.91. The molecule has 0 amide bonds. The van der Waals surface area contributed by atoms with Gasteiger partial charge in [-0.15, -0.1) is 0 Å². The summed E-state index contributed by atoms with van der Waals surface area (Å²) in [7, 11) is -4.13. The maximum atomic E-state index is 14.3. The summed E-state index contributed by atoms with van der Waals surface area (Å²) in [6, 6.07) is 49.3. The van der Waals surface area contributed by atoms with Crippen LogP contribution in [0.3, 0.4) is 0 Å². The van der Waals surface area contributed by atoms with Crippen LogP contribution in [-0.4, -0.2) is 0 Å². The van der Waals surface area contributed by atoms with Crippen molar-refractivity contribution < 1.29 is 18.1 Å². The molecule has 2 bridgehead atoms. The fourth-order valence-electron chi connectivity index (χ4n) is 5.13. The molecule has 6 aromatic rings. The summed E-state index contributed by atoms with van der Waals surface area (Å²) in [6.07, 6.45) is 0. The minimum atomic E-state index is -4.13. The van der Waals surface area contributed by atoms with Gasteiger partial charge in [-0.1, -0.05) is 127 Å². The summed E-state index contributed by atoms with van der Waals surface area (Å²) in [6.45, 7) is 0. The number of hydrogen-bond acceptors (Lipinski definition) is 4. The van der Waals surface area contributed by atoms with Crippen LogP contribution in [-0.2, 0) is 4.57 Å². The Labute approximate surface area is 239 Å². The first-order chi connectivity index (χ1) is 20.2. The Bertz CT molecular complexity index is 1870. The van der Waals surface area contributed by atoms with Crippen LogP contribution in [0.1, 0.15) is 0 Å². The number of phosphoric acid groups is 1. The van der Waals surface area contributed by atoms with Crippen molar-refractivity contribution in [2.24, 2.45) is 0 Å². The summed E-state index contributed by atoms with van der Waals surface area (Å²) in [5, 5.41) is 0. The van der Waals surface area contributed by atoms with Gasteiger partial charge in [-0.2, -0.15) is 4.57 Å². The van der Waals surface area contributed by atoms with Crippen molar-refractivity contribution in [2.45, 2.75) is 0 Å². The van der Waals surface area contributed by atoms with Gasteiger partial charge >= 0.3 is 7.82 Å². The van der Waals surface area contributed by atoms with Crippen LogP contribution in [0, 0.1) is 0 Å². The molecule has 0 aliphatic carbocycles. The van der Waals surface area contributed by atoms with Gasteiger partial charge < -0.3 is 13.6 Å². The van der Waals surface area contributed by atoms with Crippen molar-refractivity contribution >= 4 is 7.82 Å². The standard InChI is InChI=1S/C36H25O4P/c37-41(38-33-23-21-30(26-13-5-1-6-14-26)25-32(33)28-17-9-3-10-18-28)39-34-24-22-31(27-15-7-2-8-16-27)36(40-41)35(34)29-19-11-4-12-20-29/h1-25H. The average molecular weight is 553 g/mol. The zero-order valence-corrected chi connectivity index (χ0v) is 22.9. The monoisotopic (exact) mass is 552 g/mol. The fraction of sp³-hybridized carbons (Fsp3) is 0. The van der Waals surface area contributed by atoms with Crippen molar-refractivity contribution in [3.8, 4) is 61.8 Å². The second-order valence-corrected chi connectivity index (χ2v) is 11.2. The molecule has 0 spiro atoms. The molecule has 1 aliphatic rings. The molecule has 0 saturated heterocycles. The third-order valence-corrected chi connectivity index (χ3v) is 8.31. The number of fused-ring (bicyclic) bond motifs is 2. The number of hydrogen-bond donors (Lipinski definition) is 0. The van der Waals surface area contributed by atoms with Crippen molar-refractivity contribution in [3.05, 3.63) is 152 Å². The van der Waals surface area contributed by atoms with E-state index in [1.165, 1.54) is 0 Å². The summed E-state index contributed by atoms with van der Waals surface area (Å²) in [4.78, 5) is 0. The summed E-state index contributed by atoms with van der Waals surface area (Å²) in [5.74, 6) is 1.33. The zero-order valence-electron chi connectivity index (χ0n) is 22.0. The molecule has 7 rings (SSSR count). The molecule has 0 saturated carbocycles. The van der Waals surface area contributed by atoms with Gasteiger partial charge in [0.25, 0.3) is 0 Å². The number of benzene rings is 6. The first kappa shape index (κ1) is 25.0. The molecule has 5 heteroatoms. The largest absolute Gasteiger partial charge is 0.647 e. The minimum Gasteiger partial charge on any atom is -0.385 e. The highest BCUT2D eigenvalue weighted by molar-refractivity contribution is 7.50. The van der Waals surface area contributed by atoms with E-state index in [4.69, 9.17) is 13.6 Å². The molecule has 6 aromatic carbocycles. The Balaban J connectivity index is 1.33. The quantitative estimate of drug-likeness (QED) is 0.193. The Morgan fingerprint density at radius 1 is 0.463 bits per heavy atom. The lowest BCUT2D eigenvalue weighted by Crippen LogP contribution is -2.14. The van der Waals surface area contributed by atoms with E-state index in [-0.39, 0.29) is 0 Å². The summed E-state index contributed by atoms with van der Waals surface area (Å²) in [5.41, 5.74) is 7.20. The van der Waals surface area contributed by atoms with Crippen LogP contribution in [0.2, 0.25) is 0 Å². The molecule has 1 aliphatic heterocycles. The maximum Gasteiger partial charge on any atom is 0.647 e. The highest BCUT2D eigenvalue weighted by atomic mass is 31.2. The van der Waals surface area contributed by atoms with Gasteiger partial charge in [0.1, 0.15) is 11.5 Å². The Morgan fingerprint density at radius 3 is 1.61 bits per heavy atom. The van der Waals surface area contributed by atoms with Gasteiger partial charge in [-0.25, -0.2) is 0 Å². The van der Waals surface area contributed by atoms with E-state index in [2.05, 4.69) is 12.1 Å². The van der Waals surface area contributed by atoms with E-state index < -0.39 is 7.82 Å². The smallest absolute Gasteiger partial charge is 0.385 e. The van der Waals surface area contributed by atoms with Crippen molar-refractivity contribution in [3.63, 3.8) is 0 Å². The van der Waals surface area contributed by atoms with Crippen LogP contribution in [0.25, 0.3) is 44.5 Å². The van der Waals surface area contributed by atoms with E-state index in [0.29, 0.717) is 17.2 Å². The SMILES string of the molecule is O=P1(Oc2ccc(-c3ccccc3)cc2-c2ccccc2)Oc2ccc(-c3ccccc3)c(c2-c2ccccc2)O1. The lowest BCUT2D eigenvalue weighted by atomic mass is 9.96.